The molecule has 164 valence electrons. The van der Waals surface area contributed by atoms with Crippen LogP contribution in [0.4, 0.5) is 21.9 Å². The summed E-state index contributed by atoms with van der Waals surface area (Å²) in [7, 11) is 0. The molecule has 2 saturated heterocycles. The topological polar surface area (TPSA) is 113 Å². The van der Waals surface area contributed by atoms with Gasteiger partial charge in [-0.3, -0.25) is 25.0 Å². The van der Waals surface area contributed by atoms with Gasteiger partial charge in [-0.15, -0.1) is 0 Å². The van der Waals surface area contributed by atoms with E-state index in [1.165, 1.54) is 12.1 Å². The van der Waals surface area contributed by atoms with Gasteiger partial charge in [-0.05, 0) is 42.5 Å². The van der Waals surface area contributed by atoms with E-state index in [0.717, 1.165) is 17.0 Å². The standard InChI is InChI=1S/C23H22N4O5/c1-14-9-10-25-18-8-7-17(27(31)32)12-15(18)13-23(19(25)11-14)20(28)24-22(30)26(21(23)29)16-5-3-2-4-6-16/h2-8,12,14,19H,9-11,13H2,1H3,(H,24,28,30)/t14-,19-,23+/m1/s1. The molecule has 0 unspecified atom stereocenters. The summed E-state index contributed by atoms with van der Waals surface area (Å²) in [5, 5.41) is 13.8. The quantitative estimate of drug-likeness (QED) is 0.442. The Balaban J connectivity index is 1.69. The fourth-order valence-corrected chi connectivity index (χ4v) is 5.34. The Kier molecular flexibility index (Phi) is 4.51. The van der Waals surface area contributed by atoms with Gasteiger partial charge in [0.1, 0.15) is 0 Å². The fraction of sp³-hybridized carbons (Fsp3) is 0.348. The Morgan fingerprint density at radius 2 is 1.88 bits per heavy atom. The number of hydrogen-bond acceptors (Lipinski definition) is 6. The largest absolute Gasteiger partial charge is 0.367 e. The molecular weight excluding hydrogens is 412 g/mol. The number of imide groups is 2. The van der Waals surface area contributed by atoms with Crippen LogP contribution in [-0.2, 0) is 16.0 Å². The lowest BCUT2D eigenvalue weighted by atomic mass is 9.64. The van der Waals surface area contributed by atoms with Crippen molar-refractivity contribution in [2.75, 3.05) is 16.3 Å². The van der Waals surface area contributed by atoms with Crippen LogP contribution in [0.25, 0.3) is 0 Å². The minimum Gasteiger partial charge on any atom is -0.367 e. The molecule has 3 heterocycles. The molecule has 1 spiro atoms. The first kappa shape index (κ1) is 20.2. The Labute approximate surface area is 184 Å². The number of para-hydroxylation sites is 1. The molecule has 9 heteroatoms. The number of carbonyl (C=O) groups is 3. The highest BCUT2D eigenvalue weighted by Crippen LogP contribution is 2.49. The predicted molar refractivity (Wildman–Crippen MR) is 116 cm³/mol. The van der Waals surface area contributed by atoms with Gasteiger partial charge in [0.25, 0.3) is 11.6 Å². The lowest BCUT2D eigenvalue weighted by Gasteiger charge is -2.54. The number of urea groups is 1. The van der Waals surface area contributed by atoms with E-state index < -0.39 is 34.2 Å². The molecule has 3 aliphatic rings. The van der Waals surface area contributed by atoms with Crippen LogP contribution < -0.4 is 15.1 Å². The lowest BCUT2D eigenvalue weighted by molar-refractivity contribution is -0.384. The van der Waals surface area contributed by atoms with Crippen molar-refractivity contribution in [2.45, 2.75) is 32.2 Å². The van der Waals surface area contributed by atoms with E-state index >= 15 is 0 Å². The highest BCUT2D eigenvalue weighted by atomic mass is 16.6. The Morgan fingerprint density at radius 3 is 2.59 bits per heavy atom. The average molecular weight is 434 g/mol. The number of carbonyl (C=O) groups excluding carboxylic acids is 3. The van der Waals surface area contributed by atoms with Crippen molar-refractivity contribution >= 4 is 34.9 Å². The number of hydrogen-bond donors (Lipinski definition) is 1. The summed E-state index contributed by atoms with van der Waals surface area (Å²) in [6, 6.07) is 11.9. The number of nitro benzene ring substituents is 1. The van der Waals surface area contributed by atoms with E-state index in [4.69, 9.17) is 0 Å². The molecule has 1 N–H and O–H groups in total. The van der Waals surface area contributed by atoms with Gasteiger partial charge >= 0.3 is 6.03 Å². The van der Waals surface area contributed by atoms with E-state index in [2.05, 4.69) is 12.2 Å². The molecule has 2 aromatic rings. The zero-order valence-electron chi connectivity index (χ0n) is 17.5. The number of fused-ring (bicyclic) bond motifs is 4. The number of nitrogens with zero attached hydrogens (tertiary/aromatic N) is 3. The minimum absolute atomic E-state index is 0.000813. The van der Waals surface area contributed by atoms with Crippen molar-refractivity contribution in [3.63, 3.8) is 0 Å². The second-order valence-corrected chi connectivity index (χ2v) is 8.79. The number of nitro groups is 1. The maximum Gasteiger partial charge on any atom is 0.335 e. The van der Waals surface area contributed by atoms with E-state index in [0.29, 0.717) is 24.2 Å². The van der Waals surface area contributed by atoms with Crippen molar-refractivity contribution in [3.8, 4) is 0 Å². The van der Waals surface area contributed by atoms with Gasteiger partial charge in [-0.25, -0.2) is 9.69 Å². The molecule has 2 fully saturated rings. The van der Waals surface area contributed by atoms with Crippen LogP contribution in [0.1, 0.15) is 25.3 Å². The highest BCUT2D eigenvalue weighted by molar-refractivity contribution is 6.30. The molecule has 4 amide bonds. The molecule has 0 bridgehead atoms. The van der Waals surface area contributed by atoms with Crippen molar-refractivity contribution in [1.29, 1.82) is 0 Å². The van der Waals surface area contributed by atoms with Gasteiger partial charge in [0, 0.05) is 30.8 Å². The molecule has 0 aromatic heterocycles. The van der Waals surface area contributed by atoms with E-state index in [1.54, 1.807) is 36.4 Å². The number of barbiturate groups is 1. The summed E-state index contributed by atoms with van der Waals surface area (Å²) in [5.41, 5.74) is 0.1000. The number of nitrogens with one attached hydrogen (secondary N) is 1. The summed E-state index contributed by atoms with van der Waals surface area (Å²) < 4.78 is 0. The molecular formula is C23H22N4O5. The van der Waals surface area contributed by atoms with Crippen LogP contribution in [0.15, 0.2) is 48.5 Å². The van der Waals surface area contributed by atoms with Gasteiger partial charge in [0.2, 0.25) is 5.91 Å². The maximum atomic E-state index is 14.0. The zero-order valence-corrected chi connectivity index (χ0v) is 17.5. The Bertz CT molecular complexity index is 1150. The second-order valence-electron chi connectivity index (χ2n) is 8.79. The molecule has 9 nitrogen and oxygen atoms in total. The van der Waals surface area contributed by atoms with Crippen LogP contribution in [0.3, 0.4) is 0 Å². The van der Waals surface area contributed by atoms with Crippen LogP contribution in [-0.4, -0.2) is 35.4 Å². The third-order valence-electron chi connectivity index (χ3n) is 6.91. The Hall–Kier alpha value is -3.75. The van der Waals surface area contributed by atoms with Crippen LogP contribution in [0, 0.1) is 21.4 Å². The molecule has 3 atom stereocenters. The van der Waals surface area contributed by atoms with E-state index in [9.17, 15) is 24.5 Å². The van der Waals surface area contributed by atoms with Gasteiger partial charge in [-0.2, -0.15) is 0 Å². The first-order valence-corrected chi connectivity index (χ1v) is 10.6. The first-order chi connectivity index (χ1) is 15.3. The van der Waals surface area contributed by atoms with Gasteiger partial charge in [-0.1, -0.05) is 25.1 Å². The normalized spacial score (nSPS) is 27.1. The maximum absolute atomic E-state index is 14.0. The van der Waals surface area contributed by atoms with Crippen molar-refractivity contribution < 1.29 is 19.3 Å². The first-order valence-electron chi connectivity index (χ1n) is 10.6. The third kappa shape index (κ3) is 2.80. The van der Waals surface area contributed by atoms with Gasteiger partial charge < -0.3 is 4.90 Å². The number of amides is 4. The predicted octanol–water partition coefficient (Wildman–Crippen LogP) is 3.03. The smallest absolute Gasteiger partial charge is 0.335 e. The number of rotatable bonds is 2. The lowest BCUT2D eigenvalue weighted by Crippen LogP contribution is -2.73. The summed E-state index contributed by atoms with van der Waals surface area (Å²) in [5.74, 6) is -0.934. The van der Waals surface area contributed by atoms with Gasteiger partial charge in [0.05, 0.1) is 16.7 Å². The third-order valence-corrected chi connectivity index (χ3v) is 6.91. The number of benzene rings is 2. The van der Waals surface area contributed by atoms with Crippen LogP contribution in [0.5, 0.6) is 0 Å². The minimum atomic E-state index is -1.55. The summed E-state index contributed by atoms with van der Waals surface area (Å²) in [6.45, 7) is 2.71. The molecule has 32 heavy (non-hydrogen) atoms. The van der Waals surface area contributed by atoms with E-state index in [-0.39, 0.29) is 18.0 Å². The molecule has 0 aliphatic carbocycles. The summed E-state index contributed by atoms with van der Waals surface area (Å²) in [4.78, 5) is 54.1. The molecule has 5 rings (SSSR count). The molecule has 0 radical (unpaired) electrons. The van der Waals surface area contributed by atoms with E-state index in [1.807, 2.05) is 4.90 Å². The molecule has 3 aliphatic heterocycles. The fourth-order valence-electron chi connectivity index (χ4n) is 5.34. The van der Waals surface area contributed by atoms with Crippen LogP contribution in [0.2, 0.25) is 0 Å². The second kappa shape index (κ2) is 7.15. The zero-order chi connectivity index (χ0) is 22.6. The summed E-state index contributed by atoms with van der Waals surface area (Å²) >= 11 is 0. The average Bonchev–Trinajstić information content (AvgIpc) is 2.77. The summed E-state index contributed by atoms with van der Waals surface area (Å²) in [6.07, 6.45) is 1.48. The number of anilines is 2. The van der Waals surface area contributed by atoms with Crippen molar-refractivity contribution in [2.24, 2.45) is 11.3 Å². The number of non-ortho nitro benzene ring substituents is 1. The molecule has 2 aromatic carbocycles. The Morgan fingerprint density at radius 1 is 1.12 bits per heavy atom. The van der Waals surface area contributed by atoms with Crippen LogP contribution >= 0.6 is 0 Å². The van der Waals surface area contributed by atoms with Crippen molar-refractivity contribution in [1.82, 2.24) is 5.32 Å². The monoisotopic (exact) mass is 434 g/mol. The highest BCUT2D eigenvalue weighted by Gasteiger charge is 2.63. The van der Waals surface area contributed by atoms with Crippen molar-refractivity contribution in [3.05, 3.63) is 64.2 Å². The SMILES string of the molecule is C[C@@H]1CCN2c3ccc([N+](=O)[O-])cc3C[C@@]3(C(=O)NC(=O)N(c4ccccc4)C3=O)[C@H]2C1. The van der Waals surface area contributed by atoms with Gasteiger partial charge in [0.15, 0.2) is 5.41 Å². The molecule has 0 saturated carbocycles. The number of piperidine rings is 1.